The highest BCUT2D eigenvalue weighted by atomic mass is 79.9. The summed E-state index contributed by atoms with van der Waals surface area (Å²) in [4.78, 5) is 0. The Balaban J connectivity index is 2.12. The Morgan fingerprint density at radius 1 is 1.47 bits per heavy atom. The molecule has 1 N–H and O–H groups in total. The SMILES string of the molecule is CN[C@@H]1COC2(CC2)c2cc(Br)ccc21. The minimum absolute atomic E-state index is 0.0620. The number of hydrogen-bond donors (Lipinski definition) is 1. The van der Waals surface area contributed by atoms with Gasteiger partial charge in [0, 0.05) is 4.47 Å². The van der Waals surface area contributed by atoms with Gasteiger partial charge in [0.1, 0.15) is 0 Å². The number of ether oxygens (including phenoxy) is 1. The van der Waals surface area contributed by atoms with E-state index in [0.29, 0.717) is 6.04 Å². The fourth-order valence-electron chi connectivity index (χ4n) is 2.40. The van der Waals surface area contributed by atoms with Crippen molar-refractivity contribution in [1.82, 2.24) is 5.32 Å². The predicted octanol–water partition coefficient (Wildman–Crippen LogP) is 2.73. The molecule has 80 valence electrons. The highest BCUT2D eigenvalue weighted by molar-refractivity contribution is 9.10. The second-order valence-corrected chi connectivity index (χ2v) is 5.29. The standard InChI is InChI=1S/C12H14BrNO/c1-14-11-7-15-12(4-5-12)10-6-8(13)2-3-9(10)11/h2-3,6,11,14H,4-5,7H2,1H3/t11-/m1/s1. The number of benzene rings is 1. The molecule has 3 heteroatoms. The molecule has 1 aliphatic carbocycles. The second-order valence-electron chi connectivity index (χ2n) is 4.38. The van der Waals surface area contributed by atoms with Gasteiger partial charge in [0.25, 0.3) is 0 Å². The van der Waals surface area contributed by atoms with E-state index in [4.69, 9.17) is 4.74 Å². The zero-order chi connectivity index (χ0) is 10.5. The van der Waals surface area contributed by atoms with Crippen LogP contribution in [-0.4, -0.2) is 13.7 Å². The number of halogens is 1. The molecule has 0 unspecified atom stereocenters. The molecule has 1 fully saturated rings. The van der Waals surface area contributed by atoms with Gasteiger partial charge in [0.2, 0.25) is 0 Å². The molecule has 1 saturated carbocycles. The number of hydrogen-bond acceptors (Lipinski definition) is 2. The molecule has 15 heavy (non-hydrogen) atoms. The van der Waals surface area contributed by atoms with Gasteiger partial charge in [0.15, 0.2) is 0 Å². The van der Waals surface area contributed by atoms with Gasteiger partial charge in [-0.3, -0.25) is 0 Å². The summed E-state index contributed by atoms with van der Waals surface area (Å²) in [5.74, 6) is 0. The third-order valence-corrected chi connectivity index (χ3v) is 3.95. The van der Waals surface area contributed by atoms with Crippen LogP contribution in [0.4, 0.5) is 0 Å². The Morgan fingerprint density at radius 3 is 2.93 bits per heavy atom. The summed E-state index contributed by atoms with van der Waals surface area (Å²) in [6.45, 7) is 0.797. The summed E-state index contributed by atoms with van der Waals surface area (Å²) in [7, 11) is 1.99. The average molecular weight is 268 g/mol. The van der Waals surface area contributed by atoms with E-state index in [1.165, 1.54) is 24.0 Å². The number of likely N-dealkylation sites (N-methyl/N-ethyl adjacent to an activating group) is 1. The zero-order valence-corrected chi connectivity index (χ0v) is 10.3. The number of fused-ring (bicyclic) bond motifs is 2. The minimum atomic E-state index is 0.0620. The third kappa shape index (κ3) is 1.45. The highest BCUT2D eigenvalue weighted by Crippen LogP contribution is 2.54. The van der Waals surface area contributed by atoms with Crippen molar-refractivity contribution < 1.29 is 4.74 Å². The van der Waals surface area contributed by atoms with Crippen LogP contribution in [0.2, 0.25) is 0 Å². The van der Waals surface area contributed by atoms with Crippen molar-refractivity contribution in [1.29, 1.82) is 0 Å². The molecular formula is C12H14BrNO. The van der Waals surface area contributed by atoms with Crippen LogP contribution in [-0.2, 0) is 10.3 Å². The highest BCUT2D eigenvalue weighted by Gasteiger charge is 2.50. The molecule has 2 nitrogen and oxygen atoms in total. The summed E-state index contributed by atoms with van der Waals surface area (Å²) in [6, 6.07) is 6.89. The summed E-state index contributed by atoms with van der Waals surface area (Å²) >= 11 is 3.54. The number of nitrogens with one attached hydrogen (secondary N) is 1. The molecule has 0 aromatic heterocycles. The van der Waals surface area contributed by atoms with Crippen molar-refractivity contribution in [2.45, 2.75) is 24.5 Å². The van der Waals surface area contributed by atoms with Gasteiger partial charge in [-0.1, -0.05) is 22.0 Å². The Kier molecular flexibility index (Phi) is 2.16. The summed E-state index contributed by atoms with van der Waals surface area (Å²) < 4.78 is 7.12. The monoisotopic (exact) mass is 267 g/mol. The smallest absolute Gasteiger partial charge is 0.0938 e. The van der Waals surface area contributed by atoms with Crippen molar-refractivity contribution in [2.75, 3.05) is 13.7 Å². The molecule has 1 aliphatic heterocycles. The van der Waals surface area contributed by atoms with Crippen LogP contribution < -0.4 is 5.32 Å². The van der Waals surface area contributed by atoms with E-state index in [9.17, 15) is 0 Å². The lowest BCUT2D eigenvalue weighted by Gasteiger charge is -2.32. The average Bonchev–Trinajstić information content (AvgIpc) is 3.01. The molecule has 0 amide bonds. The molecule has 1 heterocycles. The Morgan fingerprint density at radius 2 is 2.27 bits per heavy atom. The first-order valence-electron chi connectivity index (χ1n) is 5.36. The Bertz CT molecular complexity index is 401. The maximum atomic E-state index is 5.98. The van der Waals surface area contributed by atoms with Gasteiger partial charge in [0.05, 0.1) is 18.2 Å². The van der Waals surface area contributed by atoms with E-state index < -0.39 is 0 Å². The fourth-order valence-corrected chi connectivity index (χ4v) is 2.76. The van der Waals surface area contributed by atoms with Crippen LogP contribution in [0.5, 0.6) is 0 Å². The lowest BCUT2D eigenvalue weighted by atomic mass is 9.93. The van der Waals surface area contributed by atoms with Gasteiger partial charge >= 0.3 is 0 Å². The second kappa shape index (κ2) is 3.30. The van der Waals surface area contributed by atoms with E-state index in [0.717, 1.165) is 11.1 Å². The van der Waals surface area contributed by atoms with Crippen molar-refractivity contribution in [2.24, 2.45) is 0 Å². The molecule has 0 saturated heterocycles. The third-order valence-electron chi connectivity index (χ3n) is 3.46. The molecular weight excluding hydrogens is 254 g/mol. The van der Waals surface area contributed by atoms with Crippen LogP contribution in [0.25, 0.3) is 0 Å². The van der Waals surface area contributed by atoms with Crippen molar-refractivity contribution >= 4 is 15.9 Å². The first kappa shape index (κ1) is 9.82. The largest absolute Gasteiger partial charge is 0.368 e. The Hall–Kier alpha value is -0.380. The van der Waals surface area contributed by atoms with Gasteiger partial charge in [-0.2, -0.15) is 0 Å². The molecule has 1 aromatic rings. The molecule has 1 aromatic carbocycles. The van der Waals surface area contributed by atoms with Gasteiger partial charge in [-0.15, -0.1) is 0 Å². The van der Waals surface area contributed by atoms with E-state index in [-0.39, 0.29) is 5.60 Å². The van der Waals surface area contributed by atoms with E-state index in [2.05, 4.69) is 39.4 Å². The van der Waals surface area contributed by atoms with Crippen LogP contribution >= 0.6 is 15.9 Å². The number of rotatable bonds is 1. The molecule has 3 rings (SSSR count). The zero-order valence-electron chi connectivity index (χ0n) is 8.72. The van der Waals surface area contributed by atoms with Crippen LogP contribution in [0.3, 0.4) is 0 Å². The molecule has 0 radical (unpaired) electrons. The first-order valence-corrected chi connectivity index (χ1v) is 6.16. The maximum Gasteiger partial charge on any atom is 0.0938 e. The van der Waals surface area contributed by atoms with Crippen LogP contribution in [0.15, 0.2) is 22.7 Å². The van der Waals surface area contributed by atoms with Crippen LogP contribution in [0.1, 0.15) is 30.0 Å². The predicted molar refractivity (Wildman–Crippen MR) is 62.8 cm³/mol. The lowest BCUT2D eigenvalue weighted by Crippen LogP contribution is -2.32. The van der Waals surface area contributed by atoms with Crippen LogP contribution in [0, 0.1) is 0 Å². The molecule has 2 aliphatic rings. The van der Waals surface area contributed by atoms with Crippen molar-refractivity contribution in [3.05, 3.63) is 33.8 Å². The lowest BCUT2D eigenvalue weighted by molar-refractivity contribution is 0.00143. The van der Waals surface area contributed by atoms with Crippen molar-refractivity contribution in [3.63, 3.8) is 0 Å². The topological polar surface area (TPSA) is 21.3 Å². The quantitative estimate of drug-likeness (QED) is 0.845. The fraction of sp³-hybridized carbons (Fsp3) is 0.500. The van der Waals surface area contributed by atoms with Gasteiger partial charge in [-0.05, 0) is 43.1 Å². The Labute approximate surface area is 98.1 Å². The van der Waals surface area contributed by atoms with Gasteiger partial charge < -0.3 is 10.1 Å². The normalized spacial score (nSPS) is 26.4. The molecule has 1 spiro atoms. The molecule has 1 atom stereocenters. The van der Waals surface area contributed by atoms with Gasteiger partial charge in [-0.25, -0.2) is 0 Å². The summed E-state index contributed by atoms with van der Waals surface area (Å²) in [5.41, 5.74) is 2.85. The van der Waals surface area contributed by atoms with E-state index in [1.807, 2.05) is 7.05 Å². The maximum absolute atomic E-state index is 5.98. The van der Waals surface area contributed by atoms with Crippen molar-refractivity contribution in [3.8, 4) is 0 Å². The summed E-state index contributed by atoms with van der Waals surface area (Å²) in [5, 5.41) is 3.30. The van der Waals surface area contributed by atoms with E-state index in [1.54, 1.807) is 0 Å². The first-order chi connectivity index (χ1) is 7.25. The molecule has 0 bridgehead atoms. The summed E-state index contributed by atoms with van der Waals surface area (Å²) in [6.07, 6.45) is 2.35. The minimum Gasteiger partial charge on any atom is -0.368 e. The van der Waals surface area contributed by atoms with E-state index >= 15 is 0 Å².